The number of alkyl carbamates (subject to hydrolysis) is 1. The number of nitrogens with zero attached hydrogens (tertiary/aromatic N) is 3. The highest BCUT2D eigenvalue weighted by Crippen LogP contribution is 2.24. The normalized spacial score (nSPS) is 23.2. The number of carbonyl (C=O) groups is 4. The number of amides is 4. The van der Waals surface area contributed by atoms with Crippen LogP contribution in [0.3, 0.4) is 0 Å². The molecule has 2 aromatic rings. The lowest BCUT2D eigenvalue weighted by Crippen LogP contribution is -2.52. The first kappa shape index (κ1) is 29.4. The number of fused-ring (bicyclic) bond motifs is 3. The van der Waals surface area contributed by atoms with Crippen molar-refractivity contribution in [1.82, 2.24) is 25.3 Å². The first-order valence-corrected chi connectivity index (χ1v) is 14.6. The number of hydrogen-bond donors (Lipinski definition) is 2. The third-order valence-corrected chi connectivity index (χ3v) is 8.05. The van der Waals surface area contributed by atoms with Crippen molar-refractivity contribution < 1.29 is 28.7 Å². The van der Waals surface area contributed by atoms with Gasteiger partial charge in [-0.2, -0.15) is 0 Å². The van der Waals surface area contributed by atoms with Gasteiger partial charge in [0.15, 0.2) is 0 Å². The van der Waals surface area contributed by atoms with Gasteiger partial charge in [0.05, 0.1) is 12.6 Å². The molecule has 11 nitrogen and oxygen atoms in total. The summed E-state index contributed by atoms with van der Waals surface area (Å²) in [6.45, 7) is 2.95. The Morgan fingerprint density at radius 1 is 1.00 bits per heavy atom. The summed E-state index contributed by atoms with van der Waals surface area (Å²) < 4.78 is 11.5. The average molecular weight is 578 g/mol. The molecule has 0 aromatic heterocycles. The highest BCUT2D eigenvalue weighted by Gasteiger charge is 2.40. The van der Waals surface area contributed by atoms with Crippen LogP contribution in [-0.4, -0.2) is 103 Å². The minimum atomic E-state index is -0.936. The number of likely N-dealkylation sites (tertiary alicyclic amines) is 1. The maximum Gasteiger partial charge on any atom is 0.408 e. The zero-order valence-electron chi connectivity index (χ0n) is 24.0. The van der Waals surface area contributed by atoms with Crippen LogP contribution in [-0.2, 0) is 20.9 Å². The van der Waals surface area contributed by atoms with Crippen molar-refractivity contribution in [3.8, 4) is 5.75 Å². The third kappa shape index (κ3) is 7.58. The summed E-state index contributed by atoms with van der Waals surface area (Å²) in [4.78, 5) is 58.0. The molecule has 5 rings (SSSR count). The van der Waals surface area contributed by atoms with Crippen molar-refractivity contribution in [2.75, 3.05) is 46.4 Å². The van der Waals surface area contributed by atoms with Gasteiger partial charge in [0, 0.05) is 31.7 Å². The van der Waals surface area contributed by atoms with E-state index in [0.29, 0.717) is 30.8 Å². The van der Waals surface area contributed by atoms with Crippen molar-refractivity contribution >= 4 is 23.8 Å². The molecule has 2 N–H and O–H groups in total. The monoisotopic (exact) mass is 577 g/mol. The van der Waals surface area contributed by atoms with Crippen molar-refractivity contribution in [1.29, 1.82) is 0 Å². The van der Waals surface area contributed by atoms with Crippen LogP contribution in [0.25, 0.3) is 0 Å². The van der Waals surface area contributed by atoms with E-state index in [4.69, 9.17) is 9.47 Å². The molecule has 0 saturated carbocycles. The maximum absolute atomic E-state index is 14.0. The molecule has 0 aliphatic carbocycles. The smallest absolute Gasteiger partial charge is 0.408 e. The molecule has 2 fully saturated rings. The van der Waals surface area contributed by atoms with E-state index < -0.39 is 12.1 Å². The van der Waals surface area contributed by atoms with Crippen LogP contribution >= 0.6 is 0 Å². The molecule has 4 amide bonds. The number of ether oxygens (including phenoxy) is 2. The summed E-state index contributed by atoms with van der Waals surface area (Å²) in [7, 11) is 1.66. The van der Waals surface area contributed by atoms with Crippen molar-refractivity contribution in [3.63, 3.8) is 0 Å². The van der Waals surface area contributed by atoms with Crippen LogP contribution in [0.5, 0.6) is 5.75 Å². The van der Waals surface area contributed by atoms with Crippen molar-refractivity contribution in [2.45, 2.75) is 50.4 Å². The molecule has 3 aliphatic heterocycles. The molecular formula is C31H39N5O6. The Labute approximate surface area is 246 Å². The molecule has 11 heteroatoms. The summed E-state index contributed by atoms with van der Waals surface area (Å²) in [6.07, 6.45) is 2.19. The fraction of sp³-hybridized carbons (Fsp3) is 0.484. The van der Waals surface area contributed by atoms with Crippen LogP contribution in [0.2, 0.25) is 0 Å². The van der Waals surface area contributed by atoms with Gasteiger partial charge in [-0.1, -0.05) is 36.4 Å². The first-order valence-electron chi connectivity index (χ1n) is 14.6. The van der Waals surface area contributed by atoms with Gasteiger partial charge < -0.3 is 29.9 Å². The standard InChI is InChI=1S/C31H39N5O6/c1-34-15-12-27(33-31(40)42-20-22-8-3-2-4-9-22)30(39)36-18-24(32-28(37)19-35-13-5-6-14-35)17-25(36)21-41-26-11-7-10-23(16-26)29(34)38/h2-4,7-11,16,24-25,27H,5-6,12-15,17-21H2,1H3,(H,32,37)(H,33,40)/t24-,25-,27-/m0/s1. The Kier molecular flexibility index (Phi) is 9.58. The minimum Gasteiger partial charge on any atom is -0.491 e. The molecular weight excluding hydrogens is 538 g/mol. The lowest BCUT2D eigenvalue weighted by molar-refractivity contribution is -0.135. The Balaban J connectivity index is 1.32. The molecule has 0 spiro atoms. The van der Waals surface area contributed by atoms with Crippen molar-refractivity contribution in [2.24, 2.45) is 0 Å². The molecule has 2 bridgehead atoms. The Bertz CT molecular complexity index is 1270. The molecule has 2 saturated heterocycles. The highest BCUT2D eigenvalue weighted by molar-refractivity contribution is 5.94. The van der Waals surface area contributed by atoms with E-state index in [1.807, 2.05) is 30.3 Å². The predicted octanol–water partition coefficient (Wildman–Crippen LogP) is 2.02. The number of hydrogen-bond acceptors (Lipinski definition) is 7. The Hall–Kier alpha value is -4.12. The molecule has 42 heavy (non-hydrogen) atoms. The van der Waals surface area contributed by atoms with E-state index in [-0.39, 0.29) is 56.0 Å². The van der Waals surface area contributed by atoms with Gasteiger partial charge in [-0.25, -0.2) is 4.79 Å². The van der Waals surface area contributed by atoms with Crippen LogP contribution in [0, 0.1) is 0 Å². The summed E-state index contributed by atoms with van der Waals surface area (Å²) in [5, 5.41) is 5.85. The van der Waals surface area contributed by atoms with Crippen molar-refractivity contribution in [3.05, 3.63) is 65.7 Å². The second kappa shape index (κ2) is 13.7. The van der Waals surface area contributed by atoms with Gasteiger partial charge >= 0.3 is 6.09 Å². The predicted molar refractivity (Wildman–Crippen MR) is 155 cm³/mol. The Morgan fingerprint density at radius 2 is 1.79 bits per heavy atom. The molecule has 0 radical (unpaired) electrons. The molecule has 224 valence electrons. The largest absolute Gasteiger partial charge is 0.491 e. The fourth-order valence-corrected chi connectivity index (χ4v) is 5.79. The summed E-state index contributed by atoms with van der Waals surface area (Å²) in [5.41, 5.74) is 1.30. The summed E-state index contributed by atoms with van der Waals surface area (Å²) in [5.74, 6) is -0.0407. The fourth-order valence-electron chi connectivity index (χ4n) is 5.79. The van der Waals surface area contributed by atoms with E-state index in [1.54, 1.807) is 36.2 Å². The van der Waals surface area contributed by atoms with Gasteiger partial charge in [-0.05, 0) is 62.5 Å². The zero-order valence-corrected chi connectivity index (χ0v) is 24.0. The molecule has 3 aliphatic rings. The first-order chi connectivity index (χ1) is 20.4. The topological polar surface area (TPSA) is 121 Å². The molecule has 0 unspecified atom stereocenters. The molecule has 3 heterocycles. The second-order valence-corrected chi connectivity index (χ2v) is 11.2. The second-order valence-electron chi connectivity index (χ2n) is 11.2. The summed E-state index contributed by atoms with van der Waals surface area (Å²) in [6, 6.07) is 14.7. The minimum absolute atomic E-state index is 0.0581. The van der Waals surface area contributed by atoms with Crippen LogP contribution in [0.1, 0.15) is 41.6 Å². The molecule has 3 atom stereocenters. The quantitative estimate of drug-likeness (QED) is 0.539. The number of rotatable bonds is 6. The lowest BCUT2D eigenvalue weighted by Gasteiger charge is -2.29. The SMILES string of the molecule is CN1CC[C@H](NC(=O)OCc2ccccc2)C(=O)N2C[C@@H](NC(=O)CN3CCCC3)C[C@H]2COc2cccc(c2)C1=O. The zero-order chi connectivity index (χ0) is 29.5. The summed E-state index contributed by atoms with van der Waals surface area (Å²) >= 11 is 0. The molecule has 2 aromatic carbocycles. The van der Waals surface area contributed by atoms with E-state index in [1.165, 1.54) is 4.90 Å². The average Bonchev–Trinajstić information content (AvgIpc) is 3.66. The van der Waals surface area contributed by atoms with Gasteiger partial charge in [-0.15, -0.1) is 0 Å². The van der Waals surface area contributed by atoms with E-state index in [9.17, 15) is 19.2 Å². The highest BCUT2D eigenvalue weighted by atomic mass is 16.5. The van der Waals surface area contributed by atoms with E-state index in [0.717, 1.165) is 31.5 Å². The van der Waals surface area contributed by atoms with E-state index in [2.05, 4.69) is 15.5 Å². The number of benzene rings is 2. The van der Waals surface area contributed by atoms with Crippen LogP contribution < -0.4 is 15.4 Å². The van der Waals surface area contributed by atoms with Crippen LogP contribution in [0.15, 0.2) is 54.6 Å². The van der Waals surface area contributed by atoms with Gasteiger partial charge in [0.1, 0.15) is 25.0 Å². The van der Waals surface area contributed by atoms with Gasteiger partial charge in [-0.3, -0.25) is 19.3 Å². The number of carbonyl (C=O) groups excluding carboxylic acids is 4. The maximum atomic E-state index is 14.0. The van der Waals surface area contributed by atoms with Gasteiger partial charge in [0.25, 0.3) is 5.91 Å². The van der Waals surface area contributed by atoms with E-state index >= 15 is 0 Å². The Morgan fingerprint density at radius 3 is 2.57 bits per heavy atom. The lowest BCUT2D eigenvalue weighted by atomic mass is 10.1. The number of nitrogens with one attached hydrogen (secondary N) is 2. The van der Waals surface area contributed by atoms with Gasteiger partial charge in [0.2, 0.25) is 11.8 Å². The third-order valence-electron chi connectivity index (χ3n) is 8.05. The van der Waals surface area contributed by atoms with Crippen LogP contribution in [0.4, 0.5) is 4.79 Å².